The molecule has 0 aliphatic rings. The molecule has 1 aromatic heterocycles. The van der Waals surface area contributed by atoms with Crippen LogP contribution in [0.5, 0.6) is 0 Å². The average Bonchev–Trinajstić information content (AvgIpc) is 3.02. The molecular weight excluding hydrogens is 480 g/mol. The zero-order valence-corrected chi connectivity index (χ0v) is 18.1. The molecule has 7 nitrogen and oxygen atoms in total. The molecule has 1 amide bonds. The Hall–Kier alpha value is -1.46. The fourth-order valence-corrected chi connectivity index (χ4v) is 4.64. The van der Waals surface area contributed by atoms with Crippen LogP contribution in [0.15, 0.2) is 45.8 Å². The summed E-state index contributed by atoms with van der Waals surface area (Å²) in [5, 5.41) is 0. The van der Waals surface area contributed by atoms with Gasteiger partial charge in [-0.2, -0.15) is 4.72 Å². The Morgan fingerprint density at radius 3 is 2.67 bits per heavy atom. The molecule has 0 unspecified atom stereocenters. The Balaban J connectivity index is 1.79. The predicted octanol–water partition coefficient (Wildman–Crippen LogP) is 2.64. The lowest BCUT2D eigenvalue weighted by Gasteiger charge is -2.16. The minimum absolute atomic E-state index is 0.00935. The molecule has 11 heteroatoms. The summed E-state index contributed by atoms with van der Waals surface area (Å²) in [5.41, 5.74) is 0. The average molecular weight is 496 g/mol. The number of esters is 1. The van der Waals surface area contributed by atoms with Crippen molar-refractivity contribution in [2.24, 2.45) is 0 Å². The highest BCUT2D eigenvalue weighted by Crippen LogP contribution is 2.22. The Labute approximate surface area is 174 Å². The van der Waals surface area contributed by atoms with Crippen molar-refractivity contribution in [3.8, 4) is 0 Å². The zero-order chi connectivity index (χ0) is 20.0. The standard InChI is InChI=1S/C16H16BrClN2O5S2/c1-20(9-12-5-6-14(18)26-12)15(21)10-25-16(22)8-19-27(23,24)13-4-2-3-11(17)7-13/h2-7,19H,8-10H2,1H3. The fourth-order valence-electron chi connectivity index (χ4n) is 1.93. The number of hydrogen-bond acceptors (Lipinski definition) is 6. The Morgan fingerprint density at radius 1 is 1.30 bits per heavy atom. The molecule has 0 bridgehead atoms. The summed E-state index contributed by atoms with van der Waals surface area (Å²) < 4.78 is 32.4. The number of ether oxygens (including phenoxy) is 1. The maximum atomic E-state index is 12.1. The van der Waals surface area contributed by atoms with E-state index in [2.05, 4.69) is 20.7 Å². The summed E-state index contributed by atoms with van der Waals surface area (Å²) in [7, 11) is -2.29. The molecule has 1 aromatic carbocycles. The molecule has 146 valence electrons. The summed E-state index contributed by atoms with van der Waals surface area (Å²) in [5.74, 6) is -1.27. The first-order valence-electron chi connectivity index (χ1n) is 7.56. The van der Waals surface area contributed by atoms with Crippen LogP contribution in [0.3, 0.4) is 0 Å². The first-order chi connectivity index (χ1) is 12.7. The van der Waals surface area contributed by atoms with Gasteiger partial charge in [0.25, 0.3) is 5.91 Å². The van der Waals surface area contributed by atoms with Gasteiger partial charge in [-0.25, -0.2) is 8.42 Å². The Bertz CT molecular complexity index is 932. The molecular formula is C16H16BrClN2O5S2. The van der Waals surface area contributed by atoms with Gasteiger partial charge in [0.2, 0.25) is 10.0 Å². The fraction of sp³-hybridized carbons (Fsp3) is 0.250. The number of sulfonamides is 1. The number of likely N-dealkylation sites (N-methyl/N-ethyl adjacent to an activating group) is 1. The molecule has 0 radical (unpaired) electrons. The number of hydrogen-bond donors (Lipinski definition) is 1. The van der Waals surface area contributed by atoms with E-state index in [0.29, 0.717) is 15.4 Å². The minimum atomic E-state index is -3.86. The van der Waals surface area contributed by atoms with E-state index in [-0.39, 0.29) is 4.90 Å². The molecule has 0 saturated carbocycles. The monoisotopic (exact) mass is 494 g/mol. The van der Waals surface area contributed by atoms with Gasteiger partial charge in [0.05, 0.1) is 15.8 Å². The van der Waals surface area contributed by atoms with E-state index in [0.717, 1.165) is 4.88 Å². The zero-order valence-electron chi connectivity index (χ0n) is 14.1. The van der Waals surface area contributed by atoms with Gasteiger partial charge in [-0.3, -0.25) is 9.59 Å². The van der Waals surface area contributed by atoms with Crippen molar-refractivity contribution in [3.05, 3.63) is 50.1 Å². The molecule has 1 N–H and O–H groups in total. The molecule has 0 saturated heterocycles. The van der Waals surface area contributed by atoms with Gasteiger partial charge >= 0.3 is 5.97 Å². The predicted molar refractivity (Wildman–Crippen MR) is 106 cm³/mol. The van der Waals surface area contributed by atoms with E-state index in [4.69, 9.17) is 16.3 Å². The van der Waals surface area contributed by atoms with Crippen LogP contribution in [0.1, 0.15) is 4.88 Å². The van der Waals surface area contributed by atoms with E-state index < -0.39 is 35.1 Å². The van der Waals surface area contributed by atoms with Gasteiger partial charge in [0.15, 0.2) is 6.61 Å². The summed E-state index contributed by atoms with van der Waals surface area (Å²) in [6.45, 7) is -0.720. The SMILES string of the molecule is CN(Cc1ccc(Cl)s1)C(=O)COC(=O)CNS(=O)(=O)c1cccc(Br)c1. The highest BCUT2D eigenvalue weighted by atomic mass is 79.9. The maximum absolute atomic E-state index is 12.1. The second-order valence-electron chi connectivity index (χ2n) is 5.40. The van der Waals surface area contributed by atoms with Crippen LogP contribution in [0.2, 0.25) is 4.34 Å². The Kier molecular flexibility index (Phi) is 7.80. The molecule has 0 aliphatic heterocycles. The first-order valence-corrected chi connectivity index (χ1v) is 11.0. The summed E-state index contributed by atoms with van der Waals surface area (Å²) in [6, 6.07) is 9.58. The van der Waals surface area contributed by atoms with Gasteiger partial charge in [-0.15, -0.1) is 11.3 Å². The van der Waals surface area contributed by atoms with Crippen molar-refractivity contribution in [1.29, 1.82) is 0 Å². The van der Waals surface area contributed by atoms with Crippen LogP contribution in [0.4, 0.5) is 0 Å². The molecule has 2 aromatic rings. The molecule has 0 spiro atoms. The third-order valence-electron chi connectivity index (χ3n) is 3.32. The van der Waals surface area contributed by atoms with E-state index in [1.165, 1.54) is 28.4 Å². The minimum Gasteiger partial charge on any atom is -0.455 e. The number of carbonyl (C=O) groups is 2. The van der Waals surface area contributed by atoms with Gasteiger partial charge in [-0.1, -0.05) is 33.6 Å². The number of carbonyl (C=O) groups excluding carboxylic acids is 2. The highest BCUT2D eigenvalue weighted by molar-refractivity contribution is 9.10. The molecule has 0 fully saturated rings. The molecule has 0 atom stereocenters. The van der Waals surface area contributed by atoms with Crippen molar-refractivity contribution < 1.29 is 22.7 Å². The van der Waals surface area contributed by atoms with Crippen LogP contribution < -0.4 is 4.72 Å². The smallest absolute Gasteiger partial charge is 0.321 e. The van der Waals surface area contributed by atoms with Crippen molar-refractivity contribution in [1.82, 2.24) is 9.62 Å². The first kappa shape index (κ1) is 21.8. The maximum Gasteiger partial charge on any atom is 0.321 e. The normalized spacial score (nSPS) is 11.2. The number of nitrogens with zero attached hydrogens (tertiary/aromatic N) is 1. The number of nitrogens with one attached hydrogen (secondary N) is 1. The lowest BCUT2D eigenvalue weighted by molar-refractivity contribution is -0.150. The third-order valence-corrected chi connectivity index (χ3v) is 6.43. The number of rotatable bonds is 8. The largest absolute Gasteiger partial charge is 0.455 e. The lowest BCUT2D eigenvalue weighted by atomic mass is 10.4. The quantitative estimate of drug-likeness (QED) is 0.568. The van der Waals surface area contributed by atoms with Crippen molar-refractivity contribution in [2.75, 3.05) is 20.2 Å². The molecule has 1 heterocycles. The molecule has 2 rings (SSSR count). The van der Waals surface area contributed by atoms with Crippen LogP contribution >= 0.6 is 38.9 Å². The number of thiophene rings is 1. The van der Waals surface area contributed by atoms with Gasteiger partial charge in [0, 0.05) is 16.4 Å². The van der Waals surface area contributed by atoms with E-state index in [1.54, 1.807) is 31.3 Å². The topological polar surface area (TPSA) is 92.8 Å². The van der Waals surface area contributed by atoms with Gasteiger partial charge in [-0.05, 0) is 30.3 Å². The number of amides is 1. The van der Waals surface area contributed by atoms with Gasteiger partial charge in [0.1, 0.15) is 6.54 Å². The van der Waals surface area contributed by atoms with Crippen LogP contribution in [-0.2, 0) is 30.9 Å². The van der Waals surface area contributed by atoms with Crippen molar-refractivity contribution in [2.45, 2.75) is 11.4 Å². The number of benzene rings is 1. The second-order valence-corrected chi connectivity index (χ2v) is 9.88. The van der Waals surface area contributed by atoms with Crippen LogP contribution in [-0.4, -0.2) is 45.4 Å². The summed E-state index contributed by atoms with van der Waals surface area (Å²) in [4.78, 5) is 26.0. The third kappa shape index (κ3) is 6.89. The van der Waals surface area contributed by atoms with Crippen molar-refractivity contribution >= 4 is 60.8 Å². The van der Waals surface area contributed by atoms with Gasteiger partial charge < -0.3 is 9.64 Å². The highest BCUT2D eigenvalue weighted by Gasteiger charge is 2.18. The Morgan fingerprint density at radius 2 is 2.04 bits per heavy atom. The van der Waals surface area contributed by atoms with Crippen LogP contribution in [0, 0.1) is 0 Å². The van der Waals surface area contributed by atoms with E-state index in [9.17, 15) is 18.0 Å². The molecule has 0 aliphatic carbocycles. The van der Waals surface area contributed by atoms with E-state index in [1.807, 2.05) is 0 Å². The lowest BCUT2D eigenvalue weighted by Crippen LogP contribution is -2.34. The second kappa shape index (κ2) is 9.65. The molecule has 27 heavy (non-hydrogen) atoms. The number of halogens is 2. The van der Waals surface area contributed by atoms with Crippen LogP contribution in [0.25, 0.3) is 0 Å². The summed E-state index contributed by atoms with van der Waals surface area (Å²) >= 11 is 10.4. The van der Waals surface area contributed by atoms with Crippen molar-refractivity contribution in [3.63, 3.8) is 0 Å². The van der Waals surface area contributed by atoms with E-state index >= 15 is 0 Å². The summed E-state index contributed by atoms with van der Waals surface area (Å²) in [6.07, 6.45) is 0.